The maximum absolute atomic E-state index is 3.21. The molecule has 0 unspecified atom stereocenters. The molecule has 22 heavy (non-hydrogen) atoms. The summed E-state index contributed by atoms with van der Waals surface area (Å²) in [5, 5.41) is 1.39. The average molecular weight is 555 g/mol. The molecular weight excluding hydrogens is 517 g/mol. The van der Waals surface area contributed by atoms with E-state index in [0.29, 0.717) is 23.8 Å². The van der Waals surface area contributed by atoms with Gasteiger partial charge in [0.15, 0.2) is 0 Å². The second kappa shape index (κ2) is 22.4. The Morgan fingerprint density at radius 3 is 1.18 bits per heavy atom. The smallest absolute Gasteiger partial charge is 0.0504 e. The molecule has 0 aliphatic heterocycles. The minimum Gasteiger partial charge on any atom is -0.185 e. The van der Waals surface area contributed by atoms with E-state index in [1.54, 1.807) is 0 Å². The molecule has 0 amide bonds. The fraction of sp³-hybridized carbons (Fsp3) is 0.647. The minimum atomic E-state index is -0.268. The van der Waals surface area contributed by atoms with E-state index in [2.05, 4.69) is 91.3 Å². The SMILES string of the molecule is CP(C)C.CP(C)C.CP(C)C.C[Si](C)c1[c-]cccc1.[Ir]. The molecule has 0 aliphatic rings. The Morgan fingerprint density at radius 2 is 1.05 bits per heavy atom. The second-order valence-electron chi connectivity index (χ2n) is 6.30. The van der Waals surface area contributed by atoms with Crippen molar-refractivity contribution < 1.29 is 20.1 Å². The van der Waals surface area contributed by atoms with Gasteiger partial charge in [0.1, 0.15) is 0 Å². The predicted molar refractivity (Wildman–Crippen MR) is 116 cm³/mol. The van der Waals surface area contributed by atoms with Crippen molar-refractivity contribution in [3.8, 4) is 0 Å². The minimum absolute atomic E-state index is 0. The molecule has 0 bridgehead atoms. The molecule has 134 valence electrons. The molecular formula is C17H37IrP3Si-. The molecule has 1 aromatic carbocycles. The van der Waals surface area contributed by atoms with Gasteiger partial charge in [-0.15, -0.1) is 23.8 Å². The molecule has 0 atom stereocenters. The fourth-order valence-electron chi connectivity index (χ4n) is 0.704. The molecule has 0 aliphatic carbocycles. The quantitative estimate of drug-likeness (QED) is 0.244. The topological polar surface area (TPSA) is 0 Å². The summed E-state index contributed by atoms with van der Waals surface area (Å²) in [6.07, 6.45) is 0. The third kappa shape index (κ3) is 49.6. The Balaban J connectivity index is -0.000000107. The number of hydrogen-bond donors (Lipinski definition) is 0. The van der Waals surface area contributed by atoms with E-state index in [1.807, 2.05) is 12.1 Å². The molecule has 0 spiro atoms. The summed E-state index contributed by atoms with van der Waals surface area (Å²) >= 11 is 0. The number of benzene rings is 1. The third-order valence-electron chi connectivity index (χ3n) is 1.25. The summed E-state index contributed by atoms with van der Waals surface area (Å²) < 4.78 is 0. The van der Waals surface area contributed by atoms with E-state index in [4.69, 9.17) is 0 Å². The van der Waals surface area contributed by atoms with Gasteiger partial charge >= 0.3 is 0 Å². The van der Waals surface area contributed by atoms with Crippen molar-refractivity contribution in [1.82, 2.24) is 0 Å². The van der Waals surface area contributed by atoms with Gasteiger partial charge in [-0.2, -0.15) is 35.5 Å². The average Bonchev–Trinajstić information content (AvgIpc) is 2.27. The Kier molecular flexibility index (Phi) is 31.7. The van der Waals surface area contributed by atoms with Crippen LogP contribution in [0.5, 0.6) is 0 Å². The molecule has 1 aromatic rings. The van der Waals surface area contributed by atoms with Gasteiger partial charge in [-0.3, -0.25) is 0 Å². The van der Waals surface area contributed by atoms with Crippen LogP contribution in [-0.4, -0.2) is 68.8 Å². The normalized spacial score (nSPS) is 9.05. The summed E-state index contributed by atoms with van der Waals surface area (Å²) in [7, 11) is 0.871. The zero-order valence-electron chi connectivity index (χ0n) is 16.5. The molecule has 0 N–H and O–H groups in total. The predicted octanol–water partition coefficient (Wildman–Crippen LogP) is 5.52. The summed E-state index contributed by atoms with van der Waals surface area (Å²) in [5.41, 5.74) is 0. The molecule has 0 saturated carbocycles. The largest absolute Gasteiger partial charge is 0.185 e. The Bertz CT molecular complexity index is 269. The maximum Gasteiger partial charge on any atom is 0.0504 e. The van der Waals surface area contributed by atoms with Crippen LogP contribution in [0.25, 0.3) is 0 Å². The zero-order valence-corrected chi connectivity index (χ0v) is 22.6. The van der Waals surface area contributed by atoms with Crippen molar-refractivity contribution in [3.63, 3.8) is 0 Å². The molecule has 1 rings (SSSR count). The van der Waals surface area contributed by atoms with Crippen molar-refractivity contribution in [2.75, 3.05) is 60.0 Å². The van der Waals surface area contributed by atoms with Gasteiger partial charge in [-0.05, 0) is 60.0 Å². The van der Waals surface area contributed by atoms with E-state index in [0.717, 1.165) is 0 Å². The van der Waals surface area contributed by atoms with Crippen molar-refractivity contribution >= 4 is 37.7 Å². The van der Waals surface area contributed by atoms with Crippen LogP contribution in [0.15, 0.2) is 24.3 Å². The summed E-state index contributed by atoms with van der Waals surface area (Å²) in [5.74, 6) is 0. The van der Waals surface area contributed by atoms with Crippen molar-refractivity contribution in [1.29, 1.82) is 0 Å². The first-order chi connectivity index (χ1) is 9.50. The van der Waals surface area contributed by atoms with E-state index in [-0.39, 0.29) is 28.9 Å². The van der Waals surface area contributed by atoms with Crippen molar-refractivity contribution in [2.24, 2.45) is 0 Å². The van der Waals surface area contributed by atoms with Crippen LogP contribution in [0.3, 0.4) is 0 Å². The molecule has 5 heteroatoms. The zero-order chi connectivity index (χ0) is 17.4. The first-order valence-electron chi connectivity index (χ1n) is 7.10. The van der Waals surface area contributed by atoms with Crippen molar-refractivity contribution in [3.05, 3.63) is 30.3 Å². The fourth-order valence-corrected chi connectivity index (χ4v) is 1.51. The maximum atomic E-state index is 3.21. The summed E-state index contributed by atoms with van der Waals surface area (Å²) in [4.78, 5) is 0. The van der Waals surface area contributed by atoms with Crippen LogP contribution in [-0.2, 0) is 20.1 Å². The van der Waals surface area contributed by atoms with Gasteiger partial charge in [-0.1, -0.05) is 13.1 Å². The molecule has 0 aromatic heterocycles. The molecule has 0 heterocycles. The van der Waals surface area contributed by atoms with Crippen molar-refractivity contribution in [2.45, 2.75) is 13.1 Å². The first-order valence-corrected chi connectivity index (χ1v) is 17.7. The Hall–Kier alpha value is 1.38. The van der Waals surface area contributed by atoms with Crippen LogP contribution in [0.4, 0.5) is 0 Å². The number of hydrogen-bond acceptors (Lipinski definition) is 0. The standard InChI is InChI=1S/C8H10Si.3C3H9P.Ir/c1-9(2)8-6-4-3-5-7-8;3*1-4(2)3;/h3-6H,1-2H3;3*1-3H3;/q-1;;;;. The van der Waals surface area contributed by atoms with E-state index in [1.165, 1.54) is 5.19 Å². The van der Waals surface area contributed by atoms with Crippen LogP contribution < -0.4 is 5.19 Å². The van der Waals surface area contributed by atoms with E-state index >= 15 is 0 Å². The molecule has 2 radical (unpaired) electrons. The summed E-state index contributed by atoms with van der Waals surface area (Å²) in [6, 6.07) is 11.4. The van der Waals surface area contributed by atoms with Gasteiger partial charge in [0.25, 0.3) is 0 Å². The second-order valence-corrected chi connectivity index (χ2v) is 16.9. The van der Waals surface area contributed by atoms with Gasteiger partial charge in [-0.25, -0.2) is 0 Å². The van der Waals surface area contributed by atoms with Crippen LogP contribution in [0.1, 0.15) is 0 Å². The monoisotopic (exact) mass is 555 g/mol. The van der Waals surface area contributed by atoms with Crippen LogP contribution in [0, 0.1) is 6.07 Å². The van der Waals surface area contributed by atoms with E-state index in [9.17, 15) is 0 Å². The molecule has 0 nitrogen and oxygen atoms in total. The van der Waals surface area contributed by atoms with E-state index < -0.39 is 0 Å². The molecule has 0 saturated heterocycles. The summed E-state index contributed by atoms with van der Waals surface area (Å²) in [6.45, 7) is 24.6. The third-order valence-corrected chi connectivity index (χ3v) is 2.64. The number of rotatable bonds is 1. The van der Waals surface area contributed by atoms with Gasteiger partial charge in [0, 0.05) is 20.1 Å². The Morgan fingerprint density at radius 1 is 0.727 bits per heavy atom. The van der Waals surface area contributed by atoms with Crippen LogP contribution in [0.2, 0.25) is 13.1 Å². The molecule has 0 fully saturated rings. The Labute approximate surface area is 160 Å². The van der Waals surface area contributed by atoms with Crippen LogP contribution >= 0.6 is 23.8 Å². The van der Waals surface area contributed by atoms with Gasteiger partial charge in [0.2, 0.25) is 0 Å². The van der Waals surface area contributed by atoms with Gasteiger partial charge in [0.05, 0.1) is 8.80 Å². The van der Waals surface area contributed by atoms with Gasteiger partial charge < -0.3 is 0 Å². The first kappa shape index (κ1) is 31.2.